The Morgan fingerprint density at radius 2 is 2.40 bits per heavy atom. The maximum atomic E-state index is 11.1. The average molecular weight is 142 g/mol. The second-order valence-electron chi connectivity index (χ2n) is 2.79. The van der Waals surface area contributed by atoms with E-state index in [0.717, 1.165) is 13.0 Å². The van der Waals surface area contributed by atoms with E-state index in [1.165, 1.54) is 0 Å². The largest absolute Gasteiger partial charge is 0.378 e. The third kappa shape index (κ3) is 1.37. The van der Waals surface area contributed by atoms with Crippen molar-refractivity contribution in [1.82, 2.24) is 0 Å². The summed E-state index contributed by atoms with van der Waals surface area (Å²) >= 11 is 0. The number of carbonyl (C=O) groups excluding carboxylic acids is 1. The number of Topliss-reactive ketones (excluding diaryl/α,β-unsaturated/α-hetero) is 1. The molecule has 2 unspecified atom stereocenters. The van der Waals surface area contributed by atoms with E-state index in [0.29, 0.717) is 12.2 Å². The number of carbonyl (C=O) groups is 1. The van der Waals surface area contributed by atoms with Crippen LogP contribution in [-0.4, -0.2) is 18.5 Å². The number of rotatable bonds is 2. The zero-order valence-corrected chi connectivity index (χ0v) is 6.59. The van der Waals surface area contributed by atoms with Crippen LogP contribution in [0.4, 0.5) is 0 Å². The lowest BCUT2D eigenvalue weighted by molar-refractivity contribution is -0.123. The zero-order chi connectivity index (χ0) is 7.56. The van der Waals surface area contributed by atoms with Gasteiger partial charge in [0.05, 0.1) is 6.10 Å². The molecule has 0 N–H and O–H groups in total. The smallest absolute Gasteiger partial charge is 0.138 e. The van der Waals surface area contributed by atoms with Crippen LogP contribution in [0.1, 0.15) is 26.7 Å². The van der Waals surface area contributed by atoms with E-state index in [1.807, 2.05) is 13.8 Å². The molecule has 0 bridgehead atoms. The van der Waals surface area contributed by atoms with Crippen LogP contribution in [0.15, 0.2) is 0 Å². The molecule has 2 atom stereocenters. The standard InChI is InChI=1S/C8H14O2/c1-3-8(9)7-4-5-10-6(7)2/h6-7H,3-5H2,1-2H3. The molecule has 0 saturated carbocycles. The van der Waals surface area contributed by atoms with E-state index in [9.17, 15) is 4.79 Å². The predicted molar refractivity (Wildman–Crippen MR) is 38.8 cm³/mol. The van der Waals surface area contributed by atoms with Gasteiger partial charge in [0.25, 0.3) is 0 Å². The Balaban J connectivity index is 2.46. The Morgan fingerprint density at radius 3 is 2.80 bits per heavy atom. The van der Waals surface area contributed by atoms with Crippen LogP contribution in [0.5, 0.6) is 0 Å². The van der Waals surface area contributed by atoms with Crippen molar-refractivity contribution >= 4 is 5.78 Å². The van der Waals surface area contributed by atoms with Gasteiger partial charge in [-0.15, -0.1) is 0 Å². The topological polar surface area (TPSA) is 26.3 Å². The van der Waals surface area contributed by atoms with Crippen LogP contribution in [0.2, 0.25) is 0 Å². The van der Waals surface area contributed by atoms with E-state index in [1.54, 1.807) is 0 Å². The van der Waals surface area contributed by atoms with Crippen LogP contribution in [0.3, 0.4) is 0 Å². The van der Waals surface area contributed by atoms with Gasteiger partial charge in [0.2, 0.25) is 0 Å². The average Bonchev–Trinajstić information content (AvgIpc) is 2.34. The molecule has 2 nitrogen and oxygen atoms in total. The number of ether oxygens (including phenoxy) is 1. The highest BCUT2D eigenvalue weighted by Crippen LogP contribution is 2.21. The van der Waals surface area contributed by atoms with Crippen molar-refractivity contribution in [3.05, 3.63) is 0 Å². The first kappa shape index (κ1) is 7.73. The van der Waals surface area contributed by atoms with E-state index in [4.69, 9.17) is 4.74 Å². The van der Waals surface area contributed by atoms with Crippen molar-refractivity contribution in [2.45, 2.75) is 32.8 Å². The molecule has 1 fully saturated rings. The van der Waals surface area contributed by atoms with Crippen LogP contribution in [0.25, 0.3) is 0 Å². The first-order chi connectivity index (χ1) is 4.75. The molecule has 1 heterocycles. The van der Waals surface area contributed by atoms with Gasteiger partial charge in [-0.1, -0.05) is 6.92 Å². The molecule has 0 radical (unpaired) electrons. The molecule has 1 aliphatic rings. The summed E-state index contributed by atoms with van der Waals surface area (Å²) < 4.78 is 5.27. The minimum Gasteiger partial charge on any atom is -0.378 e. The van der Waals surface area contributed by atoms with Gasteiger partial charge in [-0.3, -0.25) is 4.79 Å². The lowest BCUT2D eigenvalue weighted by Crippen LogP contribution is -2.20. The summed E-state index contributed by atoms with van der Waals surface area (Å²) in [4.78, 5) is 11.1. The fourth-order valence-corrected chi connectivity index (χ4v) is 1.42. The van der Waals surface area contributed by atoms with Crippen molar-refractivity contribution in [2.24, 2.45) is 5.92 Å². The highest BCUT2D eigenvalue weighted by molar-refractivity contribution is 5.81. The van der Waals surface area contributed by atoms with Gasteiger partial charge in [-0.05, 0) is 13.3 Å². The van der Waals surface area contributed by atoms with Gasteiger partial charge in [0.1, 0.15) is 5.78 Å². The van der Waals surface area contributed by atoms with Gasteiger partial charge < -0.3 is 4.74 Å². The number of hydrogen-bond acceptors (Lipinski definition) is 2. The summed E-state index contributed by atoms with van der Waals surface area (Å²) in [5.41, 5.74) is 0. The fraction of sp³-hybridized carbons (Fsp3) is 0.875. The normalized spacial score (nSPS) is 32.6. The molecule has 2 heteroatoms. The summed E-state index contributed by atoms with van der Waals surface area (Å²) in [5.74, 6) is 0.537. The van der Waals surface area contributed by atoms with Gasteiger partial charge in [-0.2, -0.15) is 0 Å². The monoisotopic (exact) mass is 142 g/mol. The van der Waals surface area contributed by atoms with Crippen molar-refractivity contribution in [3.63, 3.8) is 0 Å². The molecule has 10 heavy (non-hydrogen) atoms. The van der Waals surface area contributed by atoms with Gasteiger partial charge in [-0.25, -0.2) is 0 Å². The molecule has 0 spiro atoms. The van der Waals surface area contributed by atoms with Crippen molar-refractivity contribution in [1.29, 1.82) is 0 Å². The highest BCUT2D eigenvalue weighted by Gasteiger charge is 2.28. The Morgan fingerprint density at radius 1 is 1.70 bits per heavy atom. The first-order valence-corrected chi connectivity index (χ1v) is 3.90. The zero-order valence-electron chi connectivity index (χ0n) is 6.59. The number of hydrogen-bond donors (Lipinski definition) is 0. The predicted octanol–water partition coefficient (Wildman–Crippen LogP) is 1.39. The molecule has 0 aromatic heterocycles. The summed E-state index contributed by atoms with van der Waals surface area (Å²) in [7, 11) is 0. The number of ketones is 1. The fourth-order valence-electron chi connectivity index (χ4n) is 1.42. The van der Waals surface area contributed by atoms with Crippen molar-refractivity contribution in [3.8, 4) is 0 Å². The summed E-state index contributed by atoms with van der Waals surface area (Å²) in [5, 5.41) is 0. The third-order valence-electron chi connectivity index (χ3n) is 2.14. The SMILES string of the molecule is CCC(=O)C1CCOC1C. The van der Waals surface area contributed by atoms with Gasteiger partial charge >= 0.3 is 0 Å². The van der Waals surface area contributed by atoms with E-state index >= 15 is 0 Å². The Labute approximate surface area is 61.6 Å². The van der Waals surface area contributed by atoms with Crippen molar-refractivity contribution < 1.29 is 9.53 Å². The molecule has 1 rings (SSSR count). The lowest BCUT2D eigenvalue weighted by Gasteiger charge is -2.10. The van der Waals surface area contributed by atoms with Crippen LogP contribution >= 0.6 is 0 Å². The Hall–Kier alpha value is -0.370. The second kappa shape index (κ2) is 3.15. The van der Waals surface area contributed by atoms with Crippen LogP contribution in [-0.2, 0) is 9.53 Å². The molecule has 0 aromatic carbocycles. The quantitative estimate of drug-likeness (QED) is 0.582. The minimum absolute atomic E-state index is 0.160. The maximum absolute atomic E-state index is 11.1. The van der Waals surface area contributed by atoms with E-state index in [2.05, 4.69) is 0 Å². The Bertz CT molecular complexity index is 131. The molecular weight excluding hydrogens is 128 g/mol. The van der Waals surface area contributed by atoms with Gasteiger partial charge in [0.15, 0.2) is 0 Å². The molecule has 0 aliphatic carbocycles. The highest BCUT2D eigenvalue weighted by atomic mass is 16.5. The molecule has 58 valence electrons. The second-order valence-corrected chi connectivity index (χ2v) is 2.79. The maximum Gasteiger partial charge on any atom is 0.138 e. The lowest BCUT2D eigenvalue weighted by atomic mass is 9.96. The molecule has 1 saturated heterocycles. The minimum atomic E-state index is 0.160. The summed E-state index contributed by atoms with van der Waals surface area (Å²) in [6.07, 6.45) is 1.74. The molecule has 0 amide bonds. The van der Waals surface area contributed by atoms with Crippen molar-refractivity contribution in [2.75, 3.05) is 6.61 Å². The van der Waals surface area contributed by atoms with Crippen LogP contribution in [0, 0.1) is 5.92 Å². The third-order valence-corrected chi connectivity index (χ3v) is 2.14. The van der Waals surface area contributed by atoms with Crippen LogP contribution < -0.4 is 0 Å². The van der Waals surface area contributed by atoms with E-state index in [-0.39, 0.29) is 12.0 Å². The summed E-state index contributed by atoms with van der Waals surface area (Å²) in [6.45, 7) is 4.65. The molecule has 0 aromatic rings. The summed E-state index contributed by atoms with van der Waals surface area (Å²) in [6, 6.07) is 0. The molecular formula is C8H14O2. The first-order valence-electron chi connectivity index (χ1n) is 3.90. The molecule has 1 aliphatic heterocycles. The van der Waals surface area contributed by atoms with Gasteiger partial charge in [0, 0.05) is 18.9 Å². The van der Waals surface area contributed by atoms with E-state index < -0.39 is 0 Å². The Kier molecular flexibility index (Phi) is 2.44.